The number of amides is 2. The average Bonchev–Trinajstić information content (AvgIpc) is 3.08. The third-order valence-electron chi connectivity index (χ3n) is 6.70. The topological polar surface area (TPSA) is 64.9 Å². The van der Waals surface area contributed by atoms with Crippen molar-refractivity contribution >= 4 is 11.8 Å². The fourth-order valence-electron chi connectivity index (χ4n) is 4.61. The van der Waals surface area contributed by atoms with Crippen molar-refractivity contribution in [3.8, 4) is 0 Å². The molecule has 0 N–H and O–H groups in total. The molecular weight excluding hydrogens is 368 g/mol. The van der Waals surface area contributed by atoms with Crippen molar-refractivity contribution in [1.29, 1.82) is 0 Å². The van der Waals surface area contributed by atoms with Crippen molar-refractivity contribution in [1.82, 2.24) is 29.4 Å². The molecule has 1 aromatic rings. The lowest BCUT2D eigenvalue weighted by atomic mass is 9.91. The third kappa shape index (κ3) is 4.48. The molecule has 0 unspecified atom stereocenters. The molecule has 0 bridgehead atoms. The molecule has 1 aliphatic carbocycles. The van der Waals surface area contributed by atoms with Gasteiger partial charge in [-0.25, -0.2) is 0 Å². The van der Waals surface area contributed by atoms with Crippen LogP contribution in [0.4, 0.5) is 0 Å². The van der Waals surface area contributed by atoms with Crippen molar-refractivity contribution in [3.63, 3.8) is 0 Å². The van der Waals surface area contributed by atoms with Crippen molar-refractivity contribution in [2.24, 2.45) is 0 Å². The predicted molar refractivity (Wildman–Crippen MR) is 111 cm³/mol. The highest BCUT2D eigenvalue weighted by atomic mass is 16.2. The highest BCUT2D eigenvalue weighted by molar-refractivity contribution is 5.92. The SMILES string of the molecule is CCn1nc(C)cc1C(=O)N1CCN(CC(=O)N2CCN(C3CCC3)CC2)CC1. The van der Waals surface area contributed by atoms with E-state index in [9.17, 15) is 9.59 Å². The fourth-order valence-corrected chi connectivity index (χ4v) is 4.61. The maximum absolute atomic E-state index is 12.9. The van der Waals surface area contributed by atoms with E-state index in [4.69, 9.17) is 0 Å². The number of hydrogen-bond acceptors (Lipinski definition) is 5. The van der Waals surface area contributed by atoms with Crippen molar-refractivity contribution in [3.05, 3.63) is 17.5 Å². The second-order valence-electron chi connectivity index (χ2n) is 8.56. The Bertz CT molecular complexity index is 728. The molecule has 0 radical (unpaired) electrons. The highest BCUT2D eigenvalue weighted by Crippen LogP contribution is 2.25. The zero-order valence-electron chi connectivity index (χ0n) is 17.8. The quantitative estimate of drug-likeness (QED) is 0.724. The molecule has 8 nitrogen and oxygen atoms in total. The molecule has 2 amide bonds. The van der Waals surface area contributed by atoms with E-state index in [1.54, 1.807) is 4.68 Å². The molecule has 1 aromatic heterocycles. The van der Waals surface area contributed by atoms with Gasteiger partial charge in [0, 0.05) is 64.9 Å². The molecule has 2 saturated heterocycles. The van der Waals surface area contributed by atoms with Gasteiger partial charge < -0.3 is 9.80 Å². The van der Waals surface area contributed by atoms with Crippen LogP contribution in [0.25, 0.3) is 0 Å². The zero-order valence-corrected chi connectivity index (χ0v) is 17.8. The van der Waals surface area contributed by atoms with Gasteiger partial charge in [-0.05, 0) is 32.8 Å². The second-order valence-corrected chi connectivity index (χ2v) is 8.56. The first-order valence-corrected chi connectivity index (χ1v) is 11.1. The Morgan fingerprint density at radius 2 is 1.66 bits per heavy atom. The van der Waals surface area contributed by atoms with E-state index >= 15 is 0 Å². The zero-order chi connectivity index (χ0) is 20.4. The normalized spacial score (nSPS) is 22.0. The summed E-state index contributed by atoms with van der Waals surface area (Å²) in [4.78, 5) is 34.2. The summed E-state index contributed by atoms with van der Waals surface area (Å²) in [6.07, 6.45) is 4.02. The van der Waals surface area contributed by atoms with Crippen LogP contribution in [0.2, 0.25) is 0 Å². The molecule has 3 fully saturated rings. The van der Waals surface area contributed by atoms with Gasteiger partial charge in [0.1, 0.15) is 5.69 Å². The summed E-state index contributed by atoms with van der Waals surface area (Å²) < 4.78 is 1.77. The van der Waals surface area contributed by atoms with E-state index in [2.05, 4.69) is 14.9 Å². The summed E-state index contributed by atoms with van der Waals surface area (Å²) in [6.45, 7) is 11.6. The van der Waals surface area contributed by atoms with Gasteiger partial charge in [0.2, 0.25) is 5.91 Å². The predicted octanol–water partition coefficient (Wildman–Crippen LogP) is 0.666. The fraction of sp³-hybridized carbons (Fsp3) is 0.762. The molecular formula is C21H34N6O2. The van der Waals surface area contributed by atoms with Gasteiger partial charge in [0.05, 0.1) is 12.2 Å². The van der Waals surface area contributed by atoms with E-state index in [0.29, 0.717) is 31.9 Å². The first-order chi connectivity index (χ1) is 14.0. The number of carbonyl (C=O) groups is 2. The van der Waals surface area contributed by atoms with Gasteiger partial charge in [-0.15, -0.1) is 0 Å². The van der Waals surface area contributed by atoms with Crippen LogP contribution in [-0.4, -0.2) is 106 Å². The first-order valence-electron chi connectivity index (χ1n) is 11.1. The van der Waals surface area contributed by atoms with Crippen molar-refractivity contribution in [2.45, 2.75) is 45.7 Å². The minimum Gasteiger partial charge on any atom is -0.339 e. The maximum Gasteiger partial charge on any atom is 0.272 e. The summed E-state index contributed by atoms with van der Waals surface area (Å²) in [7, 11) is 0. The summed E-state index contributed by atoms with van der Waals surface area (Å²) in [5.41, 5.74) is 1.54. The molecule has 0 aromatic carbocycles. The van der Waals surface area contributed by atoms with Gasteiger partial charge in [0.15, 0.2) is 0 Å². The van der Waals surface area contributed by atoms with Gasteiger partial charge in [-0.2, -0.15) is 5.10 Å². The number of aromatic nitrogens is 2. The number of piperazine rings is 2. The highest BCUT2D eigenvalue weighted by Gasteiger charge is 2.31. The maximum atomic E-state index is 12.9. The smallest absolute Gasteiger partial charge is 0.272 e. The summed E-state index contributed by atoms with van der Waals surface area (Å²) in [5.74, 6) is 0.281. The number of rotatable bonds is 5. The second kappa shape index (κ2) is 8.83. The van der Waals surface area contributed by atoms with E-state index in [1.165, 1.54) is 19.3 Å². The van der Waals surface area contributed by atoms with Crippen LogP contribution in [0.1, 0.15) is 42.4 Å². The Balaban J connectivity index is 1.22. The minimum absolute atomic E-state index is 0.0468. The summed E-state index contributed by atoms with van der Waals surface area (Å²) in [5, 5.41) is 4.38. The third-order valence-corrected chi connectivity index (χ3v) is 6.70. The Labute approximate surface area is 173 Å². The number of carbonyl (C=O) groups excluding carboxylic acids is 2. The molecule has 4 rings (SSSR count). The average molecular weight is 403 g/mol. The van der Waals surface area contributed by atoms with Crippen LogP contribution < -0.4 is 0 Å². The number of aryl methyl sites for hydroxylation is 2. The lowest BCUT2D eigenvalue weighted by molar-refractivity contribution is -0.135. The molecule has 0 atom stereocenters. The van der Waals surface area contributed by atoms with Crippen LogP contribution in [0.3, 0.4) is 0 Å². The molecule has 3 aliphatic rings. The summed E-state index contributed by atoms with van der Waals surface area (Å²) in [6, 6.07) is 2.64. The van der Waals surface area contributed by atoms with E-state index in [0.717, 1.165) is 51.0 Å². The van der Waals surface area contributed by atoms with E-state index in [-0.39, 0.29) is 11.8 Å². The first kappa shape index (κ1) is 20.3. The van der Waals surface area contributed by atoms with Crippen LogP contribution in [0.5, 0.6) is 0 Å². The molecule has 160 valence electrons. The van der Waals surface area contributed by atoms with Gasteiger partial charge in [-0.1, -0.05) is 6.42 Å². The lowest BCUT2D eigenvalue weighted by Crippen LogP contribution is -2.56. The van der Waals surface area contributed by atoms with Crippen LogP contribution in [0, 0.1) is 6.92 Å². The standard InChI is InChI=1S/C21H34N6O2/c1-3-27-19(15-17(2)22-27)21(29)26-9-7-23(8-10-26)16-20(28)25-13-11-24(12-14-25)18-5-4-6-18/h15,18H,3-14,16H2,1-2H3. The van der Waals surface area contributed by atoms with Crippen molar-refractivity contribution in [2.75, 3.05) is 58.9 Å². The number of hydrogen-bond donors (Lipinski definition) is 0. The monoisotopic (exact) mass is 402 g/mol. The minimum atomic E-state index is 0.0468. The Kier molecular flexibility index (Phi) is 6.20. The van der Waals surface area contributed by atoms with Crippen LogP contribution in [0.15, 0.2) is 6.07 Å². The van der Waals surface area contributed by atoms with E-state index in [1.807, 2.05) is 29.7 Å². The van der Waals surface area contributed by atoms with Gasteiger partial charge in [0.25, 0.3) is 5.91 Å². The Morgan fingerprint density at radius 1 is 1.00 bits per heavy atom. The largest absolute Gasteiger partial charge is 0.339 e. The molecule has 1 saturated carbocycles. The van der Waals surface area contributed by atoms with Gasteiger partial charge in [-0.3, -0.25) is 24.1 Å². The lowest BCUT2D eigenvalue weighted by Gasteiger charge is -2.43. The Hall–Kier alpha value is -1.93. The van der Waals surface area contributed by atoms with Crippen molar-refractivity contribution < 1.29 is 9.59 Å². The van der Waals surface area contributed by atoms with Gasteiger partial charge >= 0.3 is 0 Å². The van der Waals surface area contributed by atoms with Crippen LogP contribution >= 0.6 is 0 Å². The Morgan fingerprint density at radius 3 is 2.24 bits per heavy atom. The summed E-state index contributed by atoms with van der Waals surface area (Å²) >= 11 is 0. The van der Waals surface area contributed by atoms with Crippen LogP contribution in [-0.2, 0) is 11.3 Å². The molecule has 0 spiro atoms. The molecule has 3 heterocycles. The molecule has 8 heteroatoms. The van der Waals surface area contributed by atoms with E-state index < -0.39 is 0 Å². The molecule has 29 heavy (non-hydrogen) atoms. The number of nitrogens with zero attached hydrogens (tertiary/aromatic N) is 6. The molecule has 2 aliphatic heterocycles.